The number of benzene rings is 1. The molecule has 1 rings (SSSR count). The SMILES string of the molecule is COC(=O)c1ccc(CCl)c(C(=O)C(C)Br)c1. The van der Waals surface area contributed by atoms with Crippen molar-refractivity contribution in [1.82, 2.24) is 0 Å². The van der Waals surface area contributed by atoms with Crippen LogP contribution < -0.4 is 0 Å². The first-order valence-corrected chi connectivity index (χ1v) is 6.41. The molecule has 0 aliphatic carbocycles. The molecule has 1 unspecified atom stereocenters. The number of ketones is 1. The Bertz CT molecular complexity index is 443. The first-order valence-electron chi connectivity index (χ1n) is 4.96. The highest BCUT2D eigenvalue weighted by Gasteiger charge is 2.18. The Kier molecular flexibility index (Phi) is 5.15. The third kappa shape index (κ3) is 3.30. The van der Waals surface area contributed by atoms with E-state index < -0.39 is 5.97 Å². The Balaban J connectivity index is 3.24. The van der Waals surface area contributed by atoms with Crippen molar-refractivity contribution in [3.8, 4) is 0 Å². The van der Waals surface area contributed by atoms with Crippen LogP contribution >= 0.6 is 27.5 Å². The molecule has 1 atom stereocenters. The van der Waals surface area contributed by atoms with Crippen molar-refractivity contribution in [1.29, 1.82) is 0 Å². The van der Waals surface area contributed by atoms with Crippen molar-refractivity contribution in [2.24, 2.45) is 0 Å². The van der Waals surface area contributed by atoms with Gasteiger partial charge in [-0.1, -0.05) is 22.0 Å². The van der Waals surface area contributed by atoms with Gasteiger partial charge < -0.3 is 4.74 Å². The van der Waals surface area contributed by atoms with Crippen molar-refractivity contribution in [3.05, 3.63) is 34.9 Å². The van der Waals surface area contributed by atoms with Gasteiger partial charge in [-0.25, -0.2) is 4.79 Å². The predicted octanol–water partition coefficient (Wildman–Crippen LogP) is 3.18. The lowest BCUT2D eigenvalue weighted by Crippen LogP contribution is -2.14. The highest BCUT2D eigenvalue weighted by Crippen LogP contribution is 2.19. The Morgan fingerprint density at radius 3 is 2.59 bits per heavy atom. The molecule has 1 aromatic carbocycles. The number of halogens is 2. The fraction of sp³-hybridized carbons (Fsp3) is 0.333. The molecule has 17 heavy (non-hydrogen) atoms. The number of carbonyl (C=O) groups is 2. The summed E-state index contributed by atoms with van der Waals surface area (Å²) < 4.78 is 4.61. The van der Waals surface area contributed by atoms with Crippen LogP contribution in [0.2, 0.25) is 0 Å². The molecule has 0 aromatic heterocycles. The summed E-state index contributed by atoms with van der Waals surface area (Å²) in [5.74, 6) is -0.351. The molecule has 0 fully saturated rings. The van der Waals surface area contributed by atoms with Crippen LogP contribution in [-0.2, 0) is 10.6 Å². The molecule has 0 radical (unpaired) electrons. The van der Waals surface area contributed by atoms with Crippen molar-refractivity contribution >= 4 is 39.3 Å². The van der Waals surface area contributed by atoms with Gasteiger partial charge in [0.2, 0.25) is 0 Å². The van der Waals surface area contributed by atoms with Crippen LogP contribution in [0.3, 0.4) is 0 Å². The van der Waals surface area contributed by atoms with Crippen LogP contribution in [0.15, 0.2) is 18.2 Å². The summed E-state index contributed by atoms with van der Waals surface area (Å²) in [6, 6.07) is 4.78. The van der Waals surface area contributed by atoms with Crippen LogP contribution in [0.5, 0.6) is 0 Å². The van der Waals surface area contributed by atoms with E-state index in [1.165, 1.54) is 13.2 Å². The first-order chi connectivity index (χ1) is 8.01. The van der Waals surface area contributed by atoms with E-state index in [1.807, 2.05) is 0 Å². The molecule has 0 bridgehead atoms. The molecule has 0 heterocycles. The smallest absolute Gasteiger partial charge is 0.337 e. The van der Waals surface area contributed by atoms with Gasteiger partial charge in [-0.15, -0.1) is 11.6 Å². The van der Waals surface area contributed by atoms with Crippen molar-refractivity contribution < 1.29 is 14.3 Å². The van der Waals surface area contributed by atoms with E-state index in [0.29, 0.717) is 16.7 Å². The van der Waals surface area contributed by atoms with E-state index in [-0.39, 0.29) is 16.5 Å². The number of esters is 1. The van der Waals surface area contributed by atoms with Crippen LogP contribution in [0.25, 0.3) is 0 Å². The Labute approximate surface area is 113 Å². The topological polar surface area (TPSA) is 43.4 Å². The van der Waals surface area contributed by atoms with Crippen molar-refractivity contribution in [2.45, 2.75) is 17.6 Å². The van der Waals surface area contributed by atoms with Crippen molar-refractivity contribution in [2.75, 3.05) is 7.11 Å². The molecule has 0 saturated heterocycles. The molecule has 5 heteroatoms. The fourth-order valence-corrected chi connectivity index (χ4v) is 1.86. The predicted molar refractivity (Wildman–Crippen MR) is 70.1 cm³/mol. The van der Waals surface area contributed by atoms with Crippen LogP contribution in [0.4, 0.5) is 0 Å². The number of Topliss-reactive ketones (excluding diaryl/α,β-unsaturated/α-hetero) is 1. The maximum Gasteiger partial charge on any atom is 0.337 e. The number of hydrogen-bond acceptors (Lipinski definition) is 3. The summed E-state index contributed by atoms with van der Waals surface area (Å²) in [5, 5.41) is 0. The summed E-state index contributed by atoms with van der Waals surface area (Å²) in [7, 11) is 1.30. The number of methoxy groups -OCH3 is 1. The molecule has 0 aliphatic heterocycles. The van der Waals surface area contributed by atoms with Crippen LogP contribution in [0.1, 0.15) is 33.2 Å². The largest absolute Gasteiger partial charge is 0.465 e. The second kappa shape index (κ2) is 6.17. The Morgan fingerprint density at radius 1 is 1.47 bits per heavy atom. The average molecular weight is 320 g/mol. The summed E-state index contributed by atoms with van der Waals surface area (Å²) in [6.07, 6.45) is 0. The van der Waals surface area contributed by atoms with Crippen LogP contribution in [0, 0.1) is 0 Å². The van der Waals surface area contributed by atoms with Gasteiger partial charge in [0, 0.05) is 11.4 Å². The molecular weight excluding hydrogens is 307 g/mol. The zero-order valence-electron chi connectivity index (χ0n) is 9.50. The molecule has 0 spiro atoms. The van der Waals surface area contributed by atoms with Gasteiger partial charge >= 0.3 is 5.97 Å². The number of ether oxygens (including phenoxy) is 1. The van der Waals surface area contributed by atoms with E-state index in [9.17, 15) is 9.59 Å². The second-order valence-corrected chi connectivity index (χ2v) is 5.12. The lowest BCUT2D eigenvalue weighted by molar-refractivity contribution is 0.0600. The highest BCUT2D eigenvalue weighted by molar-refractivity contribution is 9.10. The Hall–Kier alpha value is -0.870. The molecule has 0 amide bonds. The zero-order chi connectivity index (χ0) is 13.0. The minimum absolute atomic E-state index is 0.105. The van der Waals surface area contributed by atoms with E-state index in [0.717, 1.165) is 0 Å². The quantitative estimate of drug-likeness (QED) is 0.486. The third-order valence-electron chi connectivity index (χ3n) is 2.30. The summed E-state index contributed by atoms with van der Waals surface area (Å²) in [5.41, 5.74) is 1.50. The van der Waals surface area contributed by atoms with Crippen molar-refractivity contribution in [3.63, 3.8) is 0 Å². The minimum Gasteiger partial charge on any atom is -0.465 e. The van der Waals surface area contributed by atoms with E-state index in [4.69, 9.17) is 11.6 Å². The maximum atomic E-state index is 11.9. The molecule has 0 N–H and O–H groups in total. The van der Waals surface area contributed by atoms with E-state index in [2.05, 4.69) is 20.7 Å². The van der Waals surface area contributed by atoms with Gasteiger partial charge in [0.15, 0.2) is 5.78 Å². The number of alkyl halides is 2. The lowest BCUT2D eigenvalue weighted by atomic mass is 10.00. The summed E-state index contributed by atoms with van der Waals surface area (Å²) in [6.45, 7) is 1.73. The number of rotatable bonds is 4. The van der Waals surface area contributed by atoms with Crippen LogP contribution in [-0.4, -0.2) is 23.7 Å². The highest BCUT2D eigenvalue weighted by atomic mass is 79.9. The van der Waals surface area contributed by atoms with Gasteiger partial charge in [-0.3, -0.25) is 4.79 Å². The van der Waals surface area contributed by atoms with E-state index >= 15 is 0 Å². The van der Waals surface area contributed by atoms with Gasteiger partial charge in [0.1, 0.15) is 0 Å². The molecular formula is C12H12BrClO3. The van der Waals surface area contributed by atoms with Gasteiger partial charge in [-0.2, -0.15) is 0 Å². The molecule has 92 valence electrons. The lowest BCUT2D eigenvalue weighted by Gasteiger charge is -2.09. The second-order valence-electron chi connectivity index (χ2n) is 3.48. The maximum absolute atomic E-state index is 11.9. The normalized spacial score (nSPS) is 12.0. The molecule has 0 saturated carbocycles. The number of hydrogen-bond donors (Lipinski definition) is 0. The third-order valence-corrected chi connectivity index (χ3v) is 3.01. The number of carbonyl (C=O) groups excluding carboxylic acids is 2. The zero-order valence-corrected chi connectivity index (χ0v) is 11.8. The van der Waals surface area contributed by atoms with Gasteiger partial charge in [-0.05, 0) is 24.6 Å². The van der Waals surface area contributed by atoms with E-state index in [1.54, 1.807) is 19.1 Å². The average Bonchev–Trinajstić information content (AvgIpc) is 2.35. The monoisotopic (exact) mass is 318 g/mol. The minimum atomic E-state index is -0.470. The molecule has 3 nitrogen and oxygen atoms in total. The summed E-state index contributed by atoms with van der Waals surface area (Å²) in [4.78, 5) is 23.0. The Morgan fingerprint density at radius 2 is 2.12 bits per heavy atom. The standard InChI is InChI=1S/C12H12BrClO3/c1-7(13)11(15)10-5-8(12(16)17-2)3-4-9(10)6-14/h3-5,7H,6H2,1-2H3. The summed E-state index contributed by atoms with van der Waals surface area (Å²) >= 11 is 8.97. The molecule has 1 aromatic rings. The van der Waals surface area contributed by atoms with Gasteiger partial charge in [0.05, 0.1) is 17.5 Å². The molecule has 0 aliphatic rings. The van der Waals surface area contributed by atoms with Gasteiger partial charge in [0.25, 0.3) is 0 Å². The first kappa shape index (κ1) is 14.2. The fourth-order valence-electron chi connectivity index (χ4n) is 1.38.